The summed E-state index contributed by atoms with van der Waals surface area (Å²) in [5.41, 5.74) is 2.60. The lowest BCUT2D eigenvalue weighted by Crippen LogP contribution is -2.30. The van der Waals surface area contributed by atoms with E-state index in [2.05, 4.69) is 55.9 Å². The molecule has 0 bridgehead atoms. The first kappa shape index (κ1) is 15.0. The highest BCUT2D eigenvalue weighted by Gasteiger charge is 2.11. The van der Waals surface area contributed by atoms with Crippen LogP contribution in [0.5, 0.6) is 0 Å². The summed E-state index contributed by atoms with van der Waals surface area (Å²) in [5, 5.41) is 3.48. The Kier molecular flexibility index (Phi) is 6.13. The van der Waals surface area contributed by atoms with Crippen molar-refractivity contribution in [3.05, 3.63) is 24.0 Å². The third-order valence-electron chi connectivity index (χ3n) is 2.90. The van der Waals surface area contributed by atoms with Gasteiger partial charge in [-0.1, -0.05) is 27.7 Å². The lowest BCUT2D eigenvalue weighted by Gasteiger charge is -2.27. The van der Waals surface area contributed by atoms with Crippen LogP contribution in [0, 0.1) is 5.92 Å². The van der Waals surface area contributed by atoms with E-state index in [1.165, 1.54) is 11.3 Å². The minimum atomic E-state index is 0.506. The Morgan fingerprint density at radius 3 is 2.56 bits per heavy atom. The summed E-state index contributed by atoms with van der Waals surface area (Å²) in [5.74, 6) is 0.663. The van der Waals surface area contributed by atoms with Crippen molar-refractivity contribution in [1.29, 1.82) is 0 Å². The molecule has 0 fully saturated rings. The molecule has 0 spiro atoms. The van der Waals surface area contributed by atoms with Crippen LogP contribution < -0.4 is 10.2 Å². The third-order valence-corrected chi connectivity index (χ3v) is 2.90. The van der Waals surface area contributed by atoms with Gasteiger partial charge in [0.05, 0.1) is 11.9 Å². The molecule has 1 aromatic rings. The molecule has 3 nitrogen and oxygen atoms in total. The number of hydrogen-bond acceptors (Lipinski definition) is 3. The number of aromatic nitrogens is 1. The summed E-state index contributed by atoms with van der Waals surface area (Å²) >= 11 is 0. The summed E-state index contributed by atoms with van der Waals surface area (Å²) in [6.07, 6.45) is 3.87. The van der Waals surface area contributed by atoms with Crippen LogP contribution in [0.25, 0.3) is 0 Å². The Morgan fingerprint density at radius 1 is 1.28 bits per heavy atom. The van der Waals surface area contributed by atoms with Crippen LogP contribution in [-0.4, -0.2) is 24.1 Å². The summed E-state index contributed by atoms with van der Waals surface area (Å²) in [6, 6.07) is 2.62. The molecular formula is C15H27N3. The molecule has 0 aromatic carbocycles. The second kappa shape index (κ2) is 7.37. The van der Waals surface area contributed by atoms with E-state index in [0.717, 1.165) is 19.6 Å². The van der Waals surface area contributed by atoms with Crippen molar-refractivity contribution in [2.24, 2.45) is 5.92 Å². The van der Waals surface area contributed by atoms with Gasteiger partial charge in [-0.05, 0) is 24.5 Å². The number of nitrogens with zero attached hydrogens (tertiary/aromatic N) is 2. The van der Waals surface area contributed by atoms with E-state index in [1.807, 2.05) is 12.4 Å². The quantitative estimate of drug-likeness (QED) is 0.805. The van der Waals surface area contributed by atoms with Crippen molar-refractivity contribution < 1.29 is 0 Å². The number of pyridine rings is 1. The molecule has 1 aromatic heterocycles. The molecule has 0 aliphatic carbocycles. The van der Waals surface area contributed by atoms with Crippen LogP contribution in [0.1, 0.15) is 40.2 Å². The highest BCUT2D eigenvalue weighted by molar-refractivity contribution is 5.51. The van der Waals surface area contributed by atoms with E-state index in [9.17, 15) is 0 Å². The van der Waals surface area contributed by atoms with Gasteiger partial charge in [0.2, 0.25) is 0 Å². The first-order chi connectivity index (χ1) is 8.54. The molecule has 0 saturated carbocycles. The number of hydrogen-bond donors (Lipinski definition) is 1. The zero-order valence-electron chi connectivity index (χ0n) is 12.4. The summed E-state index contributed by atoms with van der Waals surface area (Å²) < 4.78 is 0. The maximum atomic E-state index is 4.28. The van der Waals surface area contributed by atoms with Crippen LogP contribution >= 0.6 is 0 Å². The van der Waals surface area contributed by atoms with Gasteiger partial charge in [-0.25, -0.2) is 0 Å². The Balaban J connectivity index is 2.84. The SMILES string of the molecule is CCN(CC(C)C)c1cnccc1CNC(C)C. The van der Waals surface area contributed by atoms with E-state index < -0.39 is 0 Å². The van der Waals surface area contributed by atoms with Gasteiger partial charge in [0.1, 0.15) is 0 Å². The highest BCUT2D eigenvalue weighted by atomic mass is 15.1. The molecule has 1 N–H and O–H groups in total. The van der Waals surface area contributed by atoms with E-state index in [4.69, 9.17) is 0 Å². The Labute approximate surface area is 112 Å². The Bertz CT molecular complexity index is 347. The molecule has 0 unspecified atom stereocenters. The van der Waals surface area contributed by atoms with Gasteiger partial charge in [-0.3, -0.25) is 4.98 Å². The third kappa shape index (κ3) is 4.65. The second-order valence-corrected chi connectivity index (χ2v) is 5.47. The molecule has 0 saturated heterocycles. The van der Waals surface area contributed by atoms with Crippen molar-refractivity contribution in [2.45, 2.75) is 47.2 Å². The molecule has 0 radical (unpaired) electrons. The maximum absolute atomic E-state index is 4.28. The molecule has 1 heterocycles. The second-order valence-electron chi connectivity index (χ2n) is 5.47. The molecule has 18 heavy (non-hydrogen) atoms. The van der Waals surface area contributed by atoms with Crippen molar-refractivity contribution in [2.75, 3.05) is 18.0 Å². The summed E-state index contributed by atoms with van der Waals surface area (Å²) in [7, 11) is 0. The van der Waals surface area contributed by atoms with Gasteiger partial charge in [-0.15, -0.1) is 0 Å². The Hall–Kier alpha value is -1.09. The molecule has 1 rings (SSSR count). The molecule has 3 heteroatoms. The maximum Gasteiger partial charge on any atom is 0.0598 e. The van der Waals surface area contributed by atoms with Crippen molar-refractivity contribution in [1.82, 2.24) is 10.3 Å². The fourth-order valence-corrected chi connectivity index (χ4v) is 2.00. The van der Waals surface area contributed by atoms with Crippen LogP contribution in [0.4, 0.5) is 5.69 Å². The first-order valence-corrected chi connectivity index (χ1v) is 6.95. The van der Waals surface area contributed by atoms with Crippen LogP contribution in [0.2, 0.25) is 0 Å². The molecule has 0 aliphatic rings. The van der Waals surface area contributed by atoms with E-state index in [-0.39, 0.29) is 0 Å². The average Bonchev–Trinajstić information content (AvgIpc) is 2.33. The molecular weight excluding hydrogens is 222 g/mol. The van der Waals surface area contributed by atoms with Gasteiger partial charge in [0.15, 0.2) is 0 Å². The number of anilines is 1. The fourth-order valence-electron chi connectivity index (χ4n) is 2.00. The smallest absolute Gasteiger partial charge is 0.0598 e. The van der Waals surface area contributed by atoms with Crippen LogP contribution in [0.15, 0.2) is 18.5 Å². The standard InChI is InChI=1S/C15H27N3/c1-6-18(11-12(2)3)15-10-16-8-7-14(15)9-17-13(4)5/h7-8,10,12-13,17H,6,9,11H2,1-5H3. The lowest BCUT2D eigenvalue weighted by molar-refractivity contribution is 0.582. The van der Waals surface area contributed by atoms with Crippen molar-refractivity contribution in [3.8, 4) is 0 Å². The lowest BCUT2D eigenvalue weighted by atomic mass is 10.1. The van der Waals surface area contributed by atoms with E-state index >= 15 is 0 Å². The van der Waals surface area contributed by atoms with Crippen molar-refractivity contribution >= 4 is 5.69 Å². The minimum Gasteiger partial charge on any atom is -0.370 e. The van der Waals surface area contributed by atoms with E-state index in [1.54, 1.807) is 0 Å². The van der Waals surface area contributed by atoms with Gasteiger partial charge < -0.3 is 10.2 Å². The predicted octanol–water partition coefficient (Wildman–Crippen LogP) is 3.06. The summed E-state index contributed by atoms with van der Waals surface area (Å²) in [6.45, 7) is 14.1. The van der Waals surface area contributed by atoms with Crippen LogP contribution in [-0.2, 0) is 6.54 Å². The topological polar surface area (TPSA) is 28.2 Å². The summed E-state index contributed by atoms with van der Waals surface area (Å²) in [4.78, 5) is 6.69. The molecule has 0 amide bonds. The normalized spacial score (nSPS) is 11.3. The van der Waals surface area contributed by atoms with Crippen molar-refractivity contribution in [3.63, 3.8) is 0 Å². The number of rotatable bonds is 7. The first-order valence-electron chi connectivity index (χ1n) is 6.95. The fraction of sp³-hybridized carbons (Fsp3) is 0.667. The average molecular weight is 249 g/mol. The minimum absolute atomic E-state index is 0.506. The van der Waals surface area contributed by atoms with Gasteiger partial charge in [0.25, 0.3) is 0 Å². The zero-order chi connectivity index (χ0) is 13.5. The Morgan fingerprint density at radius 2 is 2.00 bits per heavy atom. The zero-order valence-corrected chi connectivity index (χ0v) is 12.4. The largest absolute Gasteiger partial charge is 0.370 e. The molecule has 0 atom stereocenters. The highest BCUT2D eigenvalue weighted by Crippen LogP contribution is 2.20. The van der Waals surface area contributed by atoms with Gasteiger partial charge >= 0.3 is 0 Å². The molecule has 102 valence electrons. The molecule has 0 aliphatic heterocycles. The van der Waals surface area contributed by atoms with Gasteiger partial charge in [-0.2, -0.15) is 0 Å². The van der Waals surface area contributed by atoms with Gasteiger partial charge in [0, 0.05) is 31.9 Å². The van der Waals surface area contributed by atoms with Crippen LogP contribution in [0.3, 0.4) is 0 Å². The monoisotopic (exact) mass is 249 g/mol. The number of nitrogens with one attached hydrogen (secondary N) is 1. The predicted molar refractivity (Wildman–Crippen MR) is 78.9 cm³/mol. The van der Waals surface area contributed by atoms with E-state index in [0.29, 0.717) is 12.0 Å².